The number of rotatable bonds is 2. The van der Waals surface area contributed by atoms with Crippen LogP contribution in [0.25, 0.3) is 17.0 Å². The van der Waals surface area contributed by atoms with E-state index in [0.717, 1.165) is 16.5 Å². The highest BCUT2D eigenvalue weighted by molar-refractivity contribution is 5.81. The minimum atomic E-state index is -0.390. The van der Waals surface area contributed by atoms with Gasteiger partial charge >= 0.3 is 0 Å². The maximum absolute atomic E-state index is 10.4. The molecule has 0 saturated carbocycles. The fourth-order valence-corrected chi connectivity index (χ4v) is 1.45. The molecule has 1 N–H and O–H groups in total. The summed E-state index contributed by atoms with van der Waals surface area (Å²) in [5, 5.41) is 11.5. The van der Waals surface area contributed by atoms with E-state index in [9.17, 15) is 10.1 Å². The summed E-state index contributed by atoms with van der Waals surface area (Å²) in [6.45, 7) is 1.49. The number of benzene rings is 1. The molecular weight excluding hydrogens is 192 g/mol. The monoisotopic (exact) mass is 202 g/mol. The lowest BCUT2D eigenvalue weighted by Crippen LogP contribution is -1.92. The zero-order valence-corrected chi connectivity index (χ0v) is 8.23. The zero-order valence-electron chi connectivity index (χ0n) is 8.23. The van der Waals surface area contributed by atoms with Gasteiger partial charge in [-0.25, -0.2) is 0 Å². The van der Waals surface area contributed by atoms with Gasteiger partial charge in [0.15, 0.2) is 0 Å². The van der Waals surface area contributed by atoms with Crippen LogP contribution in [0.15, 0.2) is 36.2 Å². The molecule has 0 radical (unpaired) electrons. The smallest absolute Gasteiger partial charge is 0.243 e. The van der Waals surface area contributed by atoms with Crippen LogP contribution >= 0.6 is 0 Å². The van der Waals surface area contributed by atoms with Crippen LogP contribution < -0.4 is 0 Å². The Morgan fingerprint density at radius 2 is 2.27 bits per heavy atom. The second-order valence-electron chi connectivity index (χ2n) is 3.37. The maximum Gasteiger partial charge on any atom is 0.243 e. The van der Waals surface area contributed by atoms with Crippen molar-refractivity contribution in [2.24, 2.45) is 0 Å². The number of aromatic nitrogens is 1. The first-order valence-corrected chi connectivity index (χ1v) is 4.56. The molecule has 0 atom stereocenters. The summed E-state index contributed by atoms with van der Waals surface area (Å²) in [5.74, 6) is 0. The second kappa shape index (κ2) is 3.57. The molecule has 4 heteroatoms. The Bertz CT molecular complexity index is 540. The topological polar surface area (TPSA) is 58.9 Å². The van der Waals surface area contributed by atoms with Crippen LogP contribution in [0.3, 0.4) is 0 Å². The third-order valence-corrected chi connectivity index (χ3v) is 2.24. The highest BCUT2D eigenvalue weighted by Gasteiger charge is 2.02. The first kappa shape index (κ1) is 9.45. The number of nitro groups is 1. The summed E-state index contributed by atoms with van der Waals surface area (Å²) in [6.07, 6.45) is 3.40. The van der Waals surface area contributed by atoms with Crippen molar-refractivity contribution in [3.63, 3.8) is 0 Å². The van der Waals surface area contributed by atoms with Gasteiger partial charge in [0.1, 0.15) is 0 Å². The third kappa shape index (κ3) is 1.88. The molecule has 1 heterocycles. The van der Waals surface area contributed by atoms with Crippen molar-refractivity contribution >= 4 is 17.0 Å². The van der Waals surface area contributed by atoms with E-state index in [0.29, 0.717) is 0 Å². The first-order valence-electron chi connectivity index (χ1n) is 4.56. The molecule has 0 aliphatic rings. The fraction of sp³-hybridized carbons (Fsp3) is 0.0909. The Kier molecular flexibility index (Phi) is 2.25. The van der Waals surface area contributed by atoms with Gasteiger partial charge in [-0.05, 0) is 23.1 Å². The van der Waals surface area contributed by atoms with E-state index in [2.05, 4.69) is 4.98 Å². The van der Waals surface area contributed by atoms with Crippen LogP contribution in [0.5, 0.6) is 0 Å². The molecule has 4 nitrogen and oxygen atoms in total. The van der Waals surface area contributed by atoms with Gasteiger partial charge in [-0.1, -0.05) is 12.1 Å². The SMILES string of the molecule is CC(=Cc1ccc2cc[nH]c2c1)[N+](=O)[O-]. The molecular formula is C11H10N2O2. The molecule has 0 fully saturated rings. The largest absolute Gasteiger partial charge is 0.361 e. The highest BCUT2D eigenvalue weighted by Crippen LogP contribution is 2.16. The van der Waals surface area contributed by atoms with Crippen molar-refractivity contribution < 1.29 is 4.92 Å². The van der Waals surface area contributed by atoms with Gasteiger partial charge in [-0.15, -0.1) is 0 Å². The number of H-pyrrole nitrogens is 1. The summed E-state index contributed by atoms with van der Waals surface area (Å²) < 4.78 is 0. The zero-order chi connectivity index (χ0) is 10.8. The molecule has 0 spiro atoms. The number of nitrogens with zero attached hydrogens (tertiary/aromatic N) is 1. The van der Waals surface area contributed by atoms with Crippen molar-refractivity contribution in [2.45, 2.75) is 6.92 Å². The van der Waals surface area contributed by atoms with Crippen LogP contribution in [0.1, 0.15) is 12.5 Å². The van der Waals surface area contributed by atoms with Gasteiger partial charge in [0, 0.05) is 24.7 Å². The lowest BCUT2D eigenvalue weighted by atomic mass is 10.1. The first-order chi connectivity index (χ1) is 7.16. The van der Waals surface area contributed by atoms with E-state index in [1.54, 1.807) is 6.08 Å². The van der Waals surface area contributed by atoms with Gasteiger partial charge < -0.3 is 4.98 Å². The quantitative estimate of drug-likeness (QED) is 0.601. The minimum Gasteiger partial charge on any atom is -0.361 e. The Balaban J connectivity index is 2.44. The van der Waals surface area contributed by atoms with Crippen LogP contribution in [-0.2, 0) is 0 Å². The van der Waals surface area contributed by atoms with Crippen molar-refractivity contribution in [2.75, 3.05) is 0 Å². The Morgan fingerprint density at radius 1 is 1.47 bits per heavy atom. The van der Waals surface area contributed by atoms with E-state index in [1.165, 1.54) is 6.92 Å². The molecule has 1 aromatic carbocycles. The number of aromatic amines is 1. The van der Waals surface area contributed by atoms with Crippen LogP contribution in [-0.4, -0.2) is 9.91 Å². The maximum atomic E-state index is 10.4. The molecule has 0 aliphatic carbocycles. The van der Waals surface area contributed by atoms with E-state index in [-0.39, 0.29) is 10.6 Å². The van der Waals surface area contributed by atoms with Crippen molar-refractivity contribution in [1.82, 2.24) is 4.98 Å². The molecule has 0 aliphatic heterocycles. The lowest BCUT2D eigenvalue weighted by molar-refractivity contribution is -0.422. The van der Waals surface area contributed by atoms with Gasteiger partial charge in [0.2, 0.25) is 5.70 Å². The third-order valence-electron chi connectivity index (χ3n) is 2.24. The summed E-state index contributed by atoms with van der Waals surface area (Å²) >= 11 is 0. The number of nitrogens with one attached hydrogen (secondary N) is 1. The summed E-state index contributed by atoms with van der Waals surface area (Å²) in [7, 11) is 0. The number of hydrogen-bond acceptors (Lipinski definition) is 2. The number of fused-ring (bicyclic) bond motifs is 1. The van der Waals surface area contributed by atoms with Crippen molar-refractivity contribution in [3.05, 3.63) is 51.8 Å². The average molecular weight is 202 g/mol. The molecule has 0 saturated heterocycles. The normalized spacial score (nSPS) is 11.9. The van der Waals surface area contributed by atoms with E-state index in [1.807, 2.05) is 30.5 Å². The molecule has 0 unspecified atom stereocenters. The van der Waals surface area contributed by atoms with Crippen LogP contribution in [0, 0.1) is 10.1 Å². The summed E-state index contributed by atoms with van der Waals surface area (Å²) in [4.78, 5) is 13.1. The summed E-state index contributed by atoms with van der Waals surface area (Å²) in [5.41, 5.74) is 1.96. The highest BCUT2D eigenvalue weighted by atomic mass is 16.6. The number of allylic oxidation sites excluding steroid dienone is 1. The van der Waals surface area contributed by atoms with Crippen molar-refractivity contribution in [1.29, 1.82) is 0 Å². The van der Waals surface area contributed by atoms with Gasteiger partial charge in [-0.3, -0.25) is 10.1 Å². The van der Waals surface area contributed by atoms with E-state index in [4.69, 9.17) is 0 Å². The molecule has 0 amide bonds. The van der Waals surface area contributed by atoms with E-state index >= 15 is 0 Å². The van der Waals surface area contributed by atoms with Crippen LogP contribution in [0.4, 0.5) is 0 Å². The van der Waals surface area contributed by atoms with Gasteiger partial charge in [-0.2, -0.15) is 0 Å². The molecule has 1 aromatic heterocycles. The Hall–Kier alpha value is -2.10. The predicted molar refractivity (Wildman–Crippen MR) is 58.9 cm³/mol. The minimum absolute atomic E-state index is 0.140. The molecule has 15 heavy (non-hydrogen) atoms. The summed E-state index contributed by atoms with van der Waals surface area (Å²) in [6, 6.07) is 7.65. The lowest BCUT2D eigenvalue weighted by Gasteiger charge is -1.94. The Labute approximate surface area is 86.4 Å². The molecule has 0 bridgehead atoms. The average Bonchev–Trinajstić information content (AvgIpc) is 2.64. The molecule has 76 valence electrons. The van der Waals surface area contributed by atoms with Crippen molar-refractivity contribution in [3.8, 4) is 0 Å². The standard InChI is InChI=1S/C11H10N2O2/c1-8(13(14)15)6-9-2-3-10-4-5-12-11(10)7-9/h2-7,12H,1H3. The number of hydrogen-bond donors (Lipinski definition) is 1. The predicted octanol–water partition coefficient (Wildman–Crippen LogP) is 2.81. The molecule has 2 aromatic rings. The molecule has 2 rings (SSSR count). The van der Waals surface area contributed by atoms with E-state index < -0.39 is 0 Å². The second-order valence-corrected chi connectivity index (χ2v) is 3.37. The van der Waals surface area contributed by atoms with Gasteiger partial charge in [0.25, 0.3) is 0 Å². The fourth-order valence-electron chi connectivity index (χ4n) is 1.45. The van der Waals surface area contributed by atoms with Gasteiger partial charge in [0.05, 0.1) is 4.92 Å². The Morgan fingerprint density at radius 3 is 3.00 bits per heavy atom. The van der Waals surface area contributed by atoms with Crippen LogP contribution in [0.2, 0.25) is 0 Å².